The molecule has 2 aromatic carbocycles. The van der Waals surface area contributed by atoms with Gasteiger partial charge in [0.05, 0.1) is 5.69 Å². The van der Waals surface area contributed by atoms with E-state index >= 15 is 0 Å². The van der Waals surface area contributed by atoms with Crippen molar-refractivity contribution in [2.24, 2.45) is 0 Å². The number of para-hydroxylation sites is 1. The van der Waals surface area contributed by atoms with Crippen LogP contribution < -0.4 is 10.2 Å². The lowest BCUT2D eigenvalue weighted by atomic mass is 10.1. The van der Waals surface area contributed by atoms with Gasteiger partial charge in [0, 0.05) is 22.1 Å². The van der Waals surface area contributed by atoms with Gasteiger partial charge in [0.25, 0.3) is 11.8 Å². The molecule has 0 spiro atoms. The van der Waals surface area contributed by atoms with Crippen LogP contribution in [0.5, 0.6) is 0 Å². The molecule has 1 aliphatic rings. The fourth-order valence-electron chi connectivity index (χ4n) is 3.79. The highest BCUT2D eigenvalue weighted by molar-refractivity contribution is 7.80. The van der Waals surface area contributed by atoms with E-state index in [1.807, 2.05) is 49.6 Å². The Morgan fingerprint density at radius 3 is 2.47 bits per heavy atom. The summed E-state index contributed by atoms with van der Waals surface area (Å²) in [7, 11) is 0. The molecule has 1 fully saturated rings. The summed E-state index contributed by atoms with van der Waals surface area (Å²) in [5.74, 6) is -1.93. The minimum absolute atomic E-state index is 0.0200. The van der Waals surface area contributed by atoms with Crippen molar-refractivity contribution in [3.05, 3.63) is 87.5 Å². The van der Waals surface area contributed by atoms with Crippen LogP contribution >= 0.6 is 23.8 Å². The molecular weight excluding hydrogens is 449 g/mol. The summed E-state index contributed by atoms with van der Waals surface area (Å²) in [5, 5.41) is 2.92. The van der Waals surface area contributed by atoms with Gasteiger partial charge in [0.1, 0.15) is 11.4 Å². The summed E-state index contributed by atoms with van der Waals surface area (Å²) in [4.78, 5) is 26.8. The molecule has 2 heterocycles. The van der Waals surface area contributed by atoms with E-state index in [4.69, 9.17) is 23.8 Å². The molecule has 1 N–H and O–H groups in total. The zero-order chi connectivity index (χ0) is 23.2. The average molecular weight is 468 g/mol. The number of hydrogen-bond acceptors (Lipinski definition) is 3. The van der Waals surface area contributed by atoms with Crippen LogP contribution in [0.25, 0.3) is 11.8 Å². The van der Waals surface area contributed by atoms with Gasteiger partial charge in [-0.1, -0.05) is 29.8 Å². The van der Waals surface area contributed by atoms with E-state index in [2.05, 4.69) is 5.32 Å². The molecule has 0 unspecified atom stereocenters. The quantitative estimate of drug-likeness (QED) is 0.334. The molecule has 32 heavy (non-hydrogen) atoms. The molecule has 0 aliphatic carbocycles. The van der Waals surface area contributed by atoms with E-state index in [0.717, 1.165) is 27.5 Å². The van der Waals surface area contributed by atoms with Crippen molar-refractivity contribution in [3.8, 4) is 5.69 Å². The third-order valence-electron chi connectivity index (χ3n) is 5.38. The Morgan fingerprint density at radius 1 is 1.03 bits per heavy atom. The first-order valence-corrected chi connectivity index (χ1v) is 10.6. The maximum absolute atomic E-state index is 14.4. The predicted molar refractivity (Wildman–Crippen MR) is 128 cm³/mol. The lowest BCUT2D eigenvalue weighted by Gasteiger charge is -2.29. The second-order valence-electron chi connectivity index (χ2n) is 7.50. The predicted octanol–water partition coefficient (Wildman–Crippen LogP) is 5.03. The largest absolute Gasteiger partial charge is 0.318 e. The summed E-state index contributed by atoms with van der Waals surface area (Å²) in [6.45, 7) is 5.80. The zero-order valence-electron chi connectivity index (χ0n) is 17.6. The molecule has 162 valence electrons. The highest BCUT2D eigenvalue weighted by Gasteiger charge is 2.35. The van der Waals surface area contributed by atoms with Crippen LogP contribution in [0.4, 0.5) is 10.1 Å². The van der Waals surface area contributed by atoms with Gasteiger partial charge in [-0.15, -0.1) is 0 Å². The van der Waals surface area contributed by atoms with Gasteiger partial charge in [-0.05, 0) is 80.5 Å². The van der Waals surface area contributed by atoms with E-state index in [1.54, 1.807) is 6.07 Å². The Bertz CT molecular complexity index is 1330. The zero-order valence-corrected chi connectivity index (χ0v) is 19.1. The Morgan fingerprint density at radius 2 is 1.75 bits per heavy atom. The third-order valence-corrected chi connectivity index (χ3v) is 5.90. The fourth-order valence-corrected chi connectivity index (χ4v) is 4.23. The van der Waals surface area contributed by atoms with Gasteiger partial charge < -0.3 is 4.57 Å². The summed E-state index contributed by atoms with van der Waals surface area (Å²) in [6.07, 6.45) is 1.51. The van der Waals surface area contributed by atoms with Crippen LogP contribution in [0.3, 0.4) is 0 Å². The number of rotatable bonds is 3. The van der Waals surface area contributed by atoms with Crippen molar-refractivity contribution >= 4 is 52.5 Å². The van der Waals surface area contributed by atoms with Gasteiger partial charge >= 0.3 is 0 Å². The molecule has 0 bridgehead atoms. The van der Waals surface area contributed by atoms with Crippen molar-refractivity contribution < 1.29 is 14.0 Å². The summed E-state index contributed by atoms with van der Waals surface area (Å²) >= 11 is 11.3. The minimum atomic E-state index is -0.687. The van der Waals surface area contributed by atoms with Gasteiger partial charge in [0.15, 0.2) is 5.11 Å². The summed E-state index contributed by atoms with van der Waals surface area (Å²) in [6, 6.07) is 13.3. The maximum Gasteiger partial charge on any atom is 0.270 e. The van der Waals surface area contributed by atoms with Gasteiger partial charge in [-0.2, -0.15) is 0 Å². The van der Waals surface area contributed by atoms with Crippen LogP contribution in [-0.4, -0.2) is 21.5 Å². The van der Waals surface area contributed by atoms with Crippen LogP contribution in [0.2, 0.25) is 5.02 Å². The van der Waals surface area contributed by atoms with Crippen molar-refractivity contribution in [2.75, 3.05) is 4.90 Å². The molecule has 0 radical (unpaired) electrons. The molecule has 3 aromatic rings. The van der Waals surface area contributed by atoms with Crippen molar-refractivity contribution in [2.45, 2.75) is 20.8 Å². The Labute approximate surface area is 195 Å². The number of nitrogens with one attached hydrogen (secondary N) is 1. The molecule has 1 saturated heterocycles. The molecule has 0 saturated carbocycles. The Balaban J connectivity index is 1.81. The van der Waals surface area contributed by atoms with Gasteiger partial charge in [-0.3, -0.25) is 14.9 Å². The number of thiocarbonyl (C=S) groups is 1. The second kappa shape index (κ2) is 8.33. The van der Waals surface area contributed by atoms with Gasteiger partial charge in [0.2, 0.25) is 0 Å². The van der Waals surface area contributed by atoms with E-state index in [9.17, 15) is 14.0 Å². The number of aryl methyl sites for hydroxylation is 2. The first kappa shape index (κ1) is 21.9. The molecular formula is C24H19ClFN3O2S. The smallest absolute Gasteiger partial charge is 0.270 e. The van der Waals surface area contributed by atoms with Crippen LogP contribution in [0, 0.1) is 26.6 Å². The fraction of sp³-hybridized carbons (Fsp3) is 0.125. The van der Waals surface area contributed by atoms with Crippen molar-refractivity contribution in [1.29, 1.82) is 0 Å². The van der Waals surface area contributed by atoms with Crippen LogP contribution in [0.15, 0.2) is 54.1 Å². The lowest BCUT2D eigenvalue weighted by Crippen LogP contribution is -2.54. The highest BCUT2D eigenvalue weighted by atomic mass is 35.5. The molecule has 4 rings (SSSR count). The number of carbonyl (C=O) groups is 2. The van der Waals surface area contributed by atoms with Crippen molar-refractivity contribution in [1.82, 2.24) is 9.88 Å². The number of halogens is 2. The minimum Gasteiger partial charge on any atom is -0.318 e. The average Bonchev–Trinajstić information content (AvgIpc) is 3.01. The topological polar surface area (TPSA) is 54.3 Å². The highest BCUT2D eigenvalue weighted by Crippen LogP contribution is 2.29. The maximum atomic E-state index is 14.4. The molecule has 0 atom stereocenters. The number of nitrogens with zero attached hydrogens (tertiary/aromatic N) is 2. The molecule has 8 heteroatoms. The summed E-state index contributed by atoms with van der Waals surface area (Å²) < 4.78 is 16.4. The second-order valence-corrected chi connectivity index (χ2v) is 8.33. The first-order chi connectivity index (χ1) is 15.2. The monoisotopic (exact) mass is 467 g/mol. The Kier molecular flexibility index (Phi) is 5.71. The number of benzene rings is 2. The van der Waals surface area contributed by atoms with E-state index in [0.29, 0.717) is 10.6 Å². The summed E-state index contributed by atoms with van der Waals surface area (Å²) in [5.41, 5.74) is 4.19. The normalized spacial score (nSPS) is 15.5. The molecule has 5 nitrogen and oxygen atoms in total. The molecule has 1 aliphatic heterocycles. The Hall–Kier alpha value is -3.29. The van der Waals surface area contributed by atoms with Crippen LogP contribution in [0.1, 0.15) is 22.5 Å². The SMILES string of the molecule is Cc1ccc(Cl)cc1-n1c(C)cc(/C=C2\C(=O)NC(=S)N(c3ccccc3F)C2=O)c1C. The van der Waals surface area contributed by atoms with Gasteiger partial charge in [-0.25, -0.2) is 9.29 Å². The van der Waals surface area contributed by atoms with Crippen LogP contribution in [-0.2, 0) is 9.59 Å². The number of amides is 2. The van der Waals surface area contributed by atoms with E-state index in [1.165, 1.54) is 24.3 Å². The first-order valence-electron chi connectivity index (χ1n) is 9.80. The number of anilines is 1. The standard InChI is InChI=1S/C24H19ClFN3O2S/c1-13-8-9-17(25)12-21(13)28-14(2)10-16(15(28)3)11-18-22(30)27-24(32)29(23(18)31)20-7-5-4-6-19(20)26/h4-12H,1-3H3,(H,27,30,32)/b18-11+. The lowest BCUT2D eigenvalue weighted by molar-refractivity contribution is -0.122. The number of aromatic nitrogens is 1. The molecule has 2 amide bonds. The van der Waals surface area contributed by atoms with E-state index in [-0.39, 0.29) is 16.4 Å². The van der Waals surface area contributed by atoms with Crippen molar-refractivity contribution in [3.63, 3.8) is 0 Å². The third kappa shape index (κ3) is 3.74. The number of hydrogen-bond donors (Lipinski definition) is 1. The number of carbonyl (C=O) groups excluding carboxylic acids is 2. The molecule has 1 aromatic heterocycles. The van der Waals surface area contributed by atoms with E-state index < -0.39 is 17.6 Å².